The summed E-state index contributed by atoms with van der Waals surface area (Å²) in [5.74, 6) is 0. The molecular formula is C14H12Br2O. The van der Waals surface area contributed by atoms with Gasteiger partial charge in [0.05, 0.1) is 6.61 Å². The maximum atomic E-state index is 9.29. The van der Waals surface area contributed by atoms with E-state index in [4.69, 9.17) is 0 Å². The molecule has 0 radical (unpaired) electrons. The highest BCUT2D eigenvalue weighted by molar-refractivity contribution is 9.12. The van der Waals surface area contributed by atoms with Crippen molar-refractivity contribution < 1.29 is 5.11 Å². The normalized spacial score (nSPS) is 15.8. The van der Waals surface area contributed by atoms with E-state index < -0.39 is 0 Å². The quantitative estimate of drug-likeness (QED) is 0.831. The second-order valence-electron chi connectivity index (χ2n) is 3.89. The van der Waals surface area contributed by atoms with Crippen LogP contribution in [0.4, 0.5) is 0 Å². The van der Waals surface area contributed by atoms with Crippen LogP contribution in [0.15, 0.2) is 57.0 Å². The van der Waals surface area contributed by atoms with Gasteiger partial charge in [-0.25, -0.2) is 0 Å². The summed E-state index contributed by atoms with van der Waals surface area (Å²) in [5, 5.41) is 9.29. The van der Waals surface area contributed by atoms with Gasteiger partial charge in [0.1, 0.15) is 0 Å². The Hall–Kier alpha value is -0.640. The zero-order valence-electron chi connectivity index (χ0n) is 9.16. The van der Waals surface area contributed by atoms with Crippen LogP contribution >= 0.6 is 31.9 Å². The van der Waals surface area contributed by atoms with E-state index in [9.17, 15) is 5.11 Å². The first kappa shape index (κ1) is 12.8. The Morgan fingerprint density at radius 2 is 1.76 bits per heavy atom. The van der Waals surface area contributed by atoms with Crippen molar-refractivity contribution in [2.45, 2.75) is 6.42 Å². The highest BCUT2D eigenvalue weighted by Gasteiger charge is 2.07. The Labute approximate surface area is 118 Å². The van der Waals surface area contributed by atoms with E-state index in [2.05, 4.69) is 50.1 Å². The summed E-state index contributed by atoms with van der Waals surface area (Å²) in [7, 11) is 0. The van der Waals surface area contributed by atoms with Gasteiger partial charge in [0.15, 0.2) is 0 Å². The van der Waals surface area contributed by atoms with Crippen molar-refractivity contribution in [1.82, 2.24) is 0 Å². The van der Waals surface area contributed by atoms with Crippen LogP contribution in [0.2, 0.25) is 0 Å². The van der Waals surface area contributed by atoms with Crippen LogP contribution in [-0.2, 0) is 0 Å². The molecule has 1 N–H and O–H groups in total. The maximum absolute atomic E-state index is 9.29. The molecule has 0 heterocycles. The molecule has 0 saturated heterocycles. The fourth-order valence-electron chi connectivity index (χ4n) is 1.74. The first-order valence-corrected chi connectivity index (χ1v) is 6.90. The van der Waals surface area contributed by atoms with Gasteiger partial charge in [-0.05, 0) is 47.4 Å². The number of halogens is 2. The summed E-state index contributed by atoms with van der Waals surface area (Å²) in [6, 6.07) is 8.22. The predicted octanol–water partition coefficient (Wildman–Crippen LogP) is 4.43. The average Bonchev–Trinajstić information content (AvgIpc) is 2.52. The van der Waals surface area contributed by atoms with Crippen LogP contribution in [-0.4, -0.2) is 11.7 Å². The molecule has 17 heavy (non-hydrogen) atoms. The van der Waals surface area contributed by atoms with Crippen molar-refractivity contribution in [2.24, 2.45) is 0 Å². The predicted molar refractivity (Wildman–Crippen MR) is 78.9 cm³/mol. The summed E-state index contributed by atoms with van der Waals surface area (Å²) in [6.07, 6.45) is 6.86. The number of rotatable bonds is 2. The van der Waals surface area contributed by atoms with Crippen molar-refractivity contribution in [2.75, 3.05) is 6.61 Å². The largest absolute Gasteiger partial charge is 0.392 e. The molecule has 0 atom stereocenters. The molecule has 0 spiro atoms. The highest BCUT2D eigenvalue weighted by atomic mass is 79.9. The summed E-state index contributed by atoms with van der Waals surface area (Å²) in [6.45, 7) is 0.0941. The van der Waals surface area contributed by atoms with Gasteiger partial charge in [-0.2, -0.15) is 0 Å². The molecule has 1 nitrogen and oxygen atoms in total. The third-order valence-electron chi connectivity index (χ3n) is 2.62. The Kier molecular flexibility index (Phi) is 4.37. The number of benzene rings is 1. The van der Waals surface area contributed by atoms with E-state index in [1.165, 1.54) is 11.1 Å². The van der Waals surface area contributed by atoms with Crippen molar-refractivity contribution in [3.8, 4) is 0 Å². The van der Waals surface area contributed by atoms with Gasteiger partial charge in [0.25, 0.3) is 0 Å². The van der Waals surface area contributed by atoms with E-state index in [1.807, 2.05) is 24.3 Å². The maximum Gasteiger partial charge on any atom is 0.0648 e. The molecule has 3 heteroatoms. The van der Waals surface area contributed by atoms with Crippen molar-refractivity contribution >= 4 is 37.4 Å². The number of aliphatic hydroxyl groups is 1. The smallest absolute Gasteiger partial charge is 0.0648 e. The Morgan fingerprint density at radius 3 is 2.41 bits per heavy atom. The lowest BCUT2D eigenvalue weighted by Gasteiger charge is -2.08. The van der Waals surface area contributed by atoms with Crippen molar-refractivity contribution in [1.29, 1.82) is 0 Å². The third kappa shape index (κ3) is 3.41. The van der Waals surface area contributed by atoms with Gasteiger partial charge in [-0.15, -0.1) is 0 Å². The van der Waals surface area contributed by atoms with E-state index in [0.717, 1.165) is 20.9 Å². The Bertz CT molecular complexity index is 495. The molecule has 0 unspecified atom stereocenters. The molecule has 1 aromatic carbocycles. The lowest BCUT2D eigenvalue weighted by atomic mass is 9.99. The number of aliphatic hydroxyl groups excluding tert-OH is 1. The molecule has 0 bridgehead atoms. The topological polar surface area (TPSA) is 20.2 Å². The highest BCUT2D eigenvalue weighted by Crippen LogP contribution is 2.28. The van der Waals surface area contributed by atoms with Gasteiger partial charge in [0.2, 0.25) is 0 Å². The molecule has 88 valence electrons. The van der Waals surface area contributed by atoms with E-state index in [-0.39, 0.29) is 6.61 Å². The fraction of sp³-hybridized carbons (Fsp3) is 0.143. The molecular weight excluding hydrogens is 344 g/mol. The second-order valence-corrected chi connectivity index (χ2v) is 5.72. The monoisotopic (exact) mass is 354 g/mol. The summed E-state index contributed by atoms with van der Waals surface area (Å²) < 4.78 is 2.07. The van der Waals surface area contributed by atoms with Crippen LogP contribution in [0.1, 0.15) is 12.0 Å². The summed E-state index contributed by atoms with van der Waals surface area (Å²) in [4.78, 5) is 0. The average molecular weight is 356 g/mol. The number of hydrogen-bond acceptors (Lipinski definition) is 1. The molecule has 1 aliphatic carbocycles. The lowest BCUT2D eigenvalue weighted by molar-refractivity contribution is 0.329. The fourth-order valence-corrected chi connectivity index (χ4v) is 2.46. The van der Waals surface area contributed by atoms with Gasteiger partial charge in [-0.1, -0.05) is 50.1 Å². The Balaban J connectivity index is 2.33. The van der Waals surface area contributed by atoms with Crippen LogP contribution in [0.3, 0.4) is 0 Å². The zero-order valence-corrected chi connectivity index (χ0v) is 12.3. The minimum atomic E-state index is 0.0941. The van der Waals surface area contributed by atoms with Crippen LogP contribution in [0.5, 0.6) is 0 Å². The van der Waals surface area contributed by atoms with Crippen molar-refractivity contribution in [3.05, 3.63) is 62.6 Å². The molecule has 0 aromatic heterocycles. The van der Waals surface area contributed by atoms with Gasteiger partial charge < -0.3 is 5.11 Å². The third-order valence-corrected chi connectivity index (χ3v) is 3.64. The Morgan fingerprint density at radius 1 is 1.06 bits per heavy atom. The lowest BCUT2D eigenvalue weighted by Crippen LogP contribution is -1.92. The van der Waals surface area contributed by atoms with Crippen LogP contribution in [0, 0.1) is 0 Å². The molecule has 0 aliphatic heterocycles. The molecule has 0 fully saturated rings. The summed E-state index contributed by atoms with van der Waals surface area (Å²) in [5.41, 5.74) is 3.41. The zero-order chi connectivity index (χ0) is 12.3. The van der Waals surface area contributed by atoms with Crippen molar-refractivity contribution in [3.63, 3.8) is 0 Å². The first-order chi connectivity index (χ1) is 8.19. The molecule has 2 rings (SSSR count). The molecule has 0 amide bonds. The molecule has 1 aliphatic rings. The van der Waals surface area contributed by atoms with E-state index in [1.54, 1.807) is 0 Å². The second kappa shape index (κ2) is 5.80. The van der Waals surface area contributed by atoms with E-state index in [0.29, 0.717) is 0 Å². The molecule has 0 saturated carbocycles. The molecule has 1 aromatic rings. The number of hydrogen-bond donors (Lipinski definition) is 1. The van der Waals surface area contributed by atoms with Gasteiger partial charge >= 0.3 is 0 Å². The number of allylic oxidation sites excluding steroid dienone is 5. The SMILES string of the molecule is OCC1=CC(Br)=CC=C(c2ccc(Br)cc2)C1. The van der Waals surface area contributed by atoms with E-state index >= 15 is 0 Å². The van der Waals surface area contributed by atoms with Gasteiger partial charge in [-0.3, -0.25) is 0 Å². The van der Waals surface area contributed by atoms with Gasteiger partial charge in [0, 0.05) is 8.96 Å². The van der Waals surface area contributed by atoms with Crippen LogP contribution in [0.25, 0.3) is 5.57 Å². The first-order valence-electron chi connectivity index (χ1n) is 5.31. The minimum Gasteiger partial charge on any atom is -0.392 e. The summed E-state index contributed by atoms with van der Waals surface area (Å²) >= 11 is 6.88. The van der Waals surface area contributed by atoms with Crippen LogP contribution < -0.4 is 0 Å². The standard InChI is InChI=1S/C14H12Br2O/c15-13-4-1-11(2-5-13)12-3-6-14(16)8-10(7-12)9-17/h1-6,8,17H,7,9H2. The minimum absolute atomic E-state index is 0.0941.